The van der Waals surface area contributed by atoms with E-state index in [9.17, 15) is 0 Å². The molecule has 3 rings (SSSR count). The fourth-order valence-corrected chi connectivity index (χ4v) is 3.14. The fourth-order valence-electron chi connectivity index (χ4n) is 3.14. The predicted octanol–water partition coefficient (Wildman–Crippen LogP) is 2.13. The summed E-state index contributed by atoms with van der Waals surface area (Å²) in [7, 11) is 0. The Morgan fingerprint density at radius 3 is 2.65 bits per heavy atom. The van der Waals surface area contributed by atoms with Crippen molar-refractivity contribution in [1.82, 2.24) is 20.3 Å². The van der Waals surface area contributed by atoms with Crippen LogP contribution in [0.4, 0.5) is 11.8 Å². The maximum Gasteiger partial charge on any atom is 0.225 e. The van der Waals surface area contributed by atoms with Crippen molar-refractivity contribution in [2.24, 2.45) is 5.92 Å². The SMILES string of the molecule is OCCCNc1nc(NCCC2CCNCC2)cc(-c2ccncc2)n1. The van der Waals surface area contributed by atoms with Gasteiger partial charge in [0.15, 0.2) is 0 Å². The van der Waals surface area contributed by atoms with E-state index in [-0.39, 0.29) is 6.61 Å². The first-order chi connectivity index (χ1) is 12.8. The molecule has 1 fully saturated rings. The van der Waals surface area contributed by atoms with Gasteiger partial charge in [0.2, 0.25) is 5.95 Å². The Morgan fingerprint density at radius 1 is 1.08 bits per heavy atom. The largest absolute Gasteiger partial charge is 0.396 e. The number of hydrogen-bond acceptors (Lipinski definition) is 7. The van der Waals surface area contributed by atoms with Gasteiger partial charge in [0.05, 0.1) is 5.69 Å². The van der Waals surface area contributed by atoms with Crippen LogP contribution in [0, 0.1) is 5.92 Å². The summed E-state index contributed by atoms with van der Waals surface area (Å²) in [6.07, 6.45) is 7.86. The number of aliphatic hydroxyl groups is 1. The van der Waals surface area contributed by atoms with Gasteiger partial charge in [0, 0.05) is 43.7 Å². The van der Waals surface area contributed by atoms with E-state index in [1.807, 2.05) is 18.2 Å². The third-order valence-electron chi connectivity index (χ3n) is 4.64. The number of hydrogen-bond donors (Lipinski definition) is 4. The molecule has 3 heterocycles. The Hall–Kier alpha value is -2.25. The van der Waals surface area contributed by atoms with Crippen LogP contribution in [0.1, 0.15) is 25.7 Å². The zero-order valence-electron chi connectivity index (χ0n) is 15.1. The minimum atomic E-state index is 0.151. The number of anilines is 2. The maximum atomic E-state index is 8.97. The highest BCUT2D eigenvalue weighted by molar-refractivity contribution is 5.63. The Bertz CT molecular complexity index is 660. The van der Waals surface area contributed by atoms with E-state index < -0.39 is 0 Å². The van der Waals surface area contributed by atoms with Crippen molar-refractivity contribution in [1.29, 1.82) is 0 Å². The molecule has 7 heteroatoms. The number of rotatable bonds is 9. The molecule has 2 aromatic heterocycles. The lowest BCUT2D eigenvalue weighted by Crippen LogP contribution is -2.28. The van der Waals surface area contributed by atoms with Gasteiger partial charge in [-0.3, -0.25) is 4.98 Å². The van der Waals surface area contributed by atoms with Crippen LogP contribution in [-0.4, -0.2) is 52.8 Å². The number of nitrogens with zero attached hydrogens (tertiary/aromatic N) is 3. The van der Waals surface area contributed by atoms with E-state index in [1.165, 1.54) is 12.8 Å². The van der Waals surface area contributed by atoms with Gasteiger partial charge in [-0.1, -0.05) is 0 Å². The standard InChI is InChI=1S/C19H28N6O/c26-13-1-7-23-19-24-17(16-5-10-21-11-6-16)14-18(25-19)22-12-4-15-2-8-20-9-3-15/h5-6,10-11,14-15,20,26H,1-4,7-9,12-13H2,(H2,22,23,24,25). The second-order valence-corrected chi connectivity index (χ2v) is 6.61. The molecule has 0 bridgehead atoms. The van der Waals surface area contributed by atoms with E-state index in [2.05, 4.69) is 30.9 Å². The summed E-state index contributed by atoms with van der Waals surface area (Å²) >= 11 is 0. The molecule has 0 atom stereocenters. The van der Waals surface area contributed by atoms with Crippen molar-refractivity contribution >= 4 is 11.8 Å². The average molecular weight is 356 g/mol. The van der Waals surface area contributed by atoms with E-state index in [0.29, 0.717) is 18.9 Å². The van der Waals surface area contributed by atoms with Gasteiger partial charge in [-0.15, -0.1) is 0 Å². The molecular formula is C19H28N6O. The highest BCUT2D eigenvalue weighted by Gasteiger charge is 2.13. The summed E-state index contributed by atoms with van der Waals surface area (Å²) < 4.78 is 0. The molecule has 0 aliphatic carbocycles. The summed E-state index contributed by atoms with van der Waals surface area (Å²) in [5.74, 6) is 2.19. The highest BCUT2D eigenvalue weighted by atomic mass is 16.3. The Labute approximate surface area is 154 Å². The van der Waals surface area contributed by atoms with Gasteiger partial charge < -0.3 is 21.1 Å². The van der Waals surface area contributed by atoms with Crippen molar-refractivity contribution in [2.75, 3.05) is 43.4 Å². The Morgan fingerprint density at radius 2 is 1.88 bits per heavy atom. The van der Waals surface area contributed by atoms with Crippen molar-refractivity contribution in [3.8, 4) is 11.3 Å². The number of piperidine rings is 1. The topological polar surface area (TPSA) is 95.0 Å². The lowest BCUT2D eigenvalue weighted by Gasteiger charge is -2.22. The second kappa shape index (κ2) is 10.0. The van der Waals surface area contributed by atoms with Gasteiger partial charge in [-0.05, 0) is 56.8 Å². The highest BCUT2D eigenvalue weighted by Crippen LogP contribution is 2.22. The van der Waals surface area contributed by atoms with Crippen LogP contribution in [0.3, 0.4) is 0 Å². The molecule has 0 unspecified atom stereocenters. The molecule has 26 heavy (non-hydrogen) atoms. The van der Waals surface area contributed by atoms with Crippen LogP contribution >= 0.6 is 0 Å². The van der Waals surface area contributed by atoms with E-state index in [0.717, 1.165) is 49.0 Å². The van der Waals surface area contributed by atoms with Crippen LogP contribution in [0.2, 0.25) is 0 Å². The minimum absolute atomic E-state index is 0.151. The monoisotopic (exact) mass is 356 g/mol. The molecule has 1 aliphatic rings. The Balaban J connectivity index is 1.67. The Kier molecular flexibility index (Phi) is 7.15. The number of pyridine rings is 1. The summed E-state index contributed by atoms with van der Waals surface area (Å²) in [6.45, 7) is 3.96. The van der Waals surface area contributed by atoms with Crippen LogP contribution in [0.25, 0.3) is 11.3 Å². The quantitative estimate of drug-likeness (QED) is 0.511. The molecule has 2 aromatic rings. The van der Waals surface area contributed by atoms with Gasteiger partial charge >= 0.3 is 0 Å². The average Bonchev–Trinajstić information content (AvgIpc) is 2.70. The molecule has 0 radical (unpaired) electrons. The van der Waals surface area contributed by atoms with Crippen LogP contribution in [0.15, 0.2) is 30.6 Å². The van der Waals surface area contributed by atoms with Gasteiger partial charge in [0.25, 0.3) is 0 Å². The number of aliphatic hydroxyl groups excluding tert-OH is 1. The van der Waals surface area contributed by atoms with Crippen LogP contribution < -0.4 is 16.0 Å². The second-order valence-electron chi connectivity index (χ2n) is 6.61. The van der Waals surface area contributed by atoms with Crippen molar-refractivity contribution in [2.45, 2.75) is 25.7 Å². The van der Waals surface area contributed by atoms with E-state index in [4.69, 9.17) is 5.11 Å². The lowest BCUT2D eigenvalue weighted by molar-refractivity contribution is 0.292. The molecule has 1 saturated heterocycles. The van der Waals surface area contributed by atoms with Crippen LogP contribution in [0.5, 0.6) is 0 Å². The predicted molar refractivity (Wildman–Crippen MR) is 104 cm³/mol. The summed E-state index contributed by atoms with van der Waals surface area (Å²) in [6, 6.07) is 5.87. The number of aromatic nitrogens is 3. The first-order valence-electron chi connectivity index (χ1n) is 9.44. The van der Waals surface area contributed by atoms with Crippen molar-refractivity contribution in [3.05, 3.63) is 30.6 Å². The smallest absolute Gasteiger partial charge is 0.225 e. The van der Waals surface area contributed by atoms with Crippen LogP contribution in [-0.2, 0) is 0 Å². The zero-order valence-corrected chi connectivity index (χ0v) is 15.1. The first kappa shape index (κ1) is 18.5. The summed E-state index contributed by atoms with van der Waals surface area (Å²) in [5, 5.41) is 19.0. The number of nitrogens with one attached hydrogen (secondary N) is 3. The van der Waals surface area contributed by atoms with Crippen molar-refractivity contribution < 1.29 is 5.11 Å². The zero-order chi connectivity index (χ0) is 18.0. The van der Waals surface area contributed by atoms with Crippen molar-refractivity contribution in [3.63, 3.8) is 0 Å². The molecule has 7 nitrogen and oxygen atoms in total. The fraction of sp³-hybridized carbons (Fsp3) is 0.526. The van der Waals surface area contributed by atoms with E-state index >= 15 is 0 Å². The molecule has 1 aliphatic heterocycles. The molecule has 0 saturated carbocycles. The molecule has 0 aromatic carbocycles. The third-order valence-corrected chi connectivity index (χ3v) is 4.64. The molecule has 0 amide bonds. The first-order valence-corrected chi connectivity index (χ1v) is 9.44. The minimum Gasteiger partial charge on any atom is -0.396 e. The third kappa shape index (κ3) is 5.64. The molecular weight excluding hydrogens is 328 g/mol. The molecule has 0 spiro atoms. The summed E-state index contributed by atoms with van der Waals surface area (Å²) in [4.78, 5) is 13.2. The summed E-state index contributed by atoms with van der Waals surface area (Å²) in [5.41, 5.74) is 1.87. The molecule has 140 valence electrons. The van der Waals surface area contributed by atoms with Gasteiger partial charge in [-0.25, -0.2) is 4.98 Å². The van der Waals surface area contributed by atoms with Gasteiger partial charge in [0.1, 0.15) is 5.82 Å². The van der Waals surface area contributed by atoms with E-state index in [1.54, 1.807) is 12.4 Å². The van der Waals surface area contributed by atoms with Gasteiger partial charge in [-0.2, -0.15) is 4.98 Å². The molecule has 4 N–H and O–H groups in total. The lowest BCUT2D eigenvalue weighted by atomic mass is 9.95. The maximum absolute atomic E-state index is 8.97. The normalized spacial score (nSPS) is 15.0.